The number of hydrogen-bond acceptors (Lipinski definition) is 6. The van der Waals surface area contributed by atoms with Crippen LogP contribution in [0.2, 0.25) is 0 Å². The number of esters is 1. The molecule has 0 radical (unpaired) electrons. The van der Waals surface area contributed by atoms with Gasteiger partial charge in [0.1, 0.15) is 10.8 Å². The maximum atomic E-state index is 13.8. The molecule has 4 aromatic rings. The van der Waals surface area contributed by atoms with Crippen molar-refractivity contribution in [1.29, 1.82) is 0 Å². The molecular formula is C30H30N2O4S. The predicted molar refractivity (Wildman–Crippen MR) is 148 cm³/mol. The molecule has 1 N–H and O–H groups in total. The van der Waals surface area contributed by atoms with Gasteiger partial charge in [-0.2, -0.15) is 0 Å². The third-order valence-electron chi connectivity index (χ3n) is 6.61. The van der Waals surface area contributed by atoms with Crippen LogP contribution in [0.3, 0.4) is 0 Å². The Morgan fingerprint density at radius 2 is 1.86 bits per heavy atom. The Bertz CT molecular complexity index is 1490. The molecule has 0 saturated heterocycles. The smallest absolute Gasteiger partial charge is 0.341 e. The summed E-state index contributed by atoms with van der Waals surface area (Å²) in [5.41, 5.74) is 4.13. The van der Waals surface area contributed by atoms with Crippen LogP contribution in [0.4, 0.5) is 5.00 Å². The summed E-state index contributed by atoms with van der Waals surface area (Å²) in [5, 5.41) is 4.33. The van der Waals surface area contributed by atoms with Crippen molar-refractivity contribution in [3.8, 4) is 17.0 Å². The second kappa shape index (κ2) is 10.3. The van der Waals surface area contributed by atoms with Gasteiger partial charge in [-0.25, -0.2) is 9.78 Å². The second-order valence-corrected chi connectivity index (χ2v) is 10.8. The normalized spacial score (nSPS) is 14.9. The van der Waals surface area contributed by atoms with Crippen LogP contribution in [0.15, 0.2) is 54.6 Å². The number of carbonyl (C=O) groups excluding carboxylic acids is 2. The van der Waals surface area contributed by atoms with E-state index in [4.69, 9.17) is 14.5 Å². The highest BCUT2D eigenvalue weighted by Crippen LogP contribution is 2.40. The molecule has 2 heterocycles. The highest BCUT2D eigenvalue weighted by Gasteiger charge is 2.29. The second-order valence-electron chi connectivity index (χ2n) is 9.74. The lowest BCUT2D eigenvalue weighted by molar-refractivity contribution is 0.0601. The van der Waals surface area contributed by atoms with E-state index in [0.29, 0.717) is 39.0 Å². The standard InChI is InChI=1S/C30H30N2O4S/c1-17(2)36-25-12-8-6-10-20(25)24-16-22(19-9-5-7-11-23(19)31-24)28(33)32-29-27(30(34)35-4)21-14-13-18(3)15-26(21)37-29/h5-12,16-18H,13-15H2,1-4H3,(H,32,33)/t18-/m0/s1. The molecule has 37 heavy (non-hydrogen) atoms. The maximum absolute atomic E-state index is 13.8. The van der Waals surface area contributed by atoms with Crippen molar-refractivity contribution in [3.63, 3.8) is 0 Å². The van der Waals surface area contributed by atoms with Gasteiger partial charge in [0.15, 0.2) is 0 Å². The molecule has 1 aliphatic carbocycles. The van der Waals surface area contributed by atoms with Gasteiger partial charge in [-0.15, -0.1) is 11.3 Å². The number of rotatable bonds is 6. The van der Waals surface area contributed by atoms with E-state index < -0.39 is 5.97 Å². The van der Waals surface area contributed by atoms with E-state index in [-0.39, 0.29) is 12.0 Å². The van der Waals surface area contributed by atoms with E-state index in [0.717, 1.165) is 40.7 Å². The first-order valence-corrected chi connectivity index (χ1v) is 13.4. The number of nitrogens with one attached hydrogen (secondary N) is 1. The molecule has 2 aromatic carbocycles. The number of thiophene rings is 1. The molecule has 0 unspecified atom stereocenters. The van der Waals surface area contributed by atoms with Crippen molar-refractivity contribution in [3.05, 3.63) is 76.2 Å². The zero-order chi connectivity index (χ0) is 26.1. The Kier molecular flexibility index (Phi) is 6.98. The van der Waals surface area contributed by atoms with Gasteiger partial charge in [-0.3, -0.25) is 4.79 Å². The van der Waals surface area contributed by atoms with E-state index in [9.17, 15) is 9.59 Å². The van der Waals surface area contributed by atoms with E-state index in [2.05, 4.69) is 12.2 Å². The summed E-state index contributed by atoms with van der Waals surface area (Å²) in [6, 6.07) is 17.1. The summed E-state index contributed by atoms with van der Waals surface area (Å²) in [6.07, 6.45) is 2.71. The van der Waals surface area contributed by atoms with Crippen molar-refractivity contribution in [2.75, 3.05) is 12.4 Å². The number of nitrogens with zero attached hydrogens (tertiary/aromatic N) is 1. The highest BCUT2D eigenvalue weighted by molar-refractivity contribution is 7.17. The molecule has 0 bridgehead atoms. The fourth-order valence-electron chi connectivity index (χ4n) is 4.86. The van der Waals surface area contributed by atoms with Gasteiger partial charge >= 0.3 is 5.97 Å². The largest absolute Gasteiger partial charge is 0.490 e. The number of pyridine rings is 1. The van der Waals surface area contributed by atoms with Gasteiger partial charge in [0.2, 0.25) is 0 Å². The van der Waals surface area contributed by atoms with Gasteiger partial charge < -0.3 is 14.8 Å². The van der Waals surface area contributed by atoms with Crippen molar-refractivity contribution in [2.45, 2.75) is 46.1 Å². The number of anilines is 1. The Balaban J connectivity index is 1.59. The van der Waals surface area contributed by atoms with Crippen LogP contribution >= 0.6 is 11.3 Å². The Labute approximate surface area is 220 Å². The Hall–Kier alpha value is -3.71. The van der Waals surface area contributed by atoms with Crippen molar-refractivity contribution < 1.29 is 19.1 Å². The van der Waals surface area contributed by atoms with Gasteiger partial charge in [0.05, 0.1) is 35.6 Å². The number of ether oxygens (including phenoxy) is 2. The number of aromatic nitrogens is 1. The minimum absolute atomic E-state index is 0.00584. The molecule has 1 atom stereocenters. The van der Waals surface area contributed by atoms with Gasteiger partial charge in [0.25, 0.3) is 5.91 Å². The molecule has 0 fully saturated rings. The summed E-state index contributed by atoms with van der Waals surface area (Å²) in [6.45, 7) is 6.16. The number of carbonyl (C=O) groups is 2. The van der Waals surface area contributed by atoms with Gasteiger partial charge in [-0.05, 0) is 68.9 Å². The SMILES string of the molecule is COC(=O)c1c(NC(=O)c2cc(-c3ccccc3OC(C)C)nc3ccccc23)sc2c1CC[C@H](C)C2. The van der Waals surface area contributed by atoms with Crippen LogP contribution in [0.5, 0.6) is 5.75 Å². The van der Waals surface area contributed by atoms with Crippen LogP contribution in [-0.4, -0.2) is 30.1 Å². The van der Waals surface area contributed by atoms with Crippen LogP contribution in [0, 0.1) is 5.92 Å². The van der Waals surface area contributed by atoms with Crippen molar-refractivity contribution in [2.24, 2.45) is 5.92 Å². The fraction of sp³-hybridized carbons (Fsp3) is 0.300. The van der Waals surface area contributed by atoms with Crippen LogP contribution in [0.25, 0.3) is 22.2 Å². The molecule has 5 rings (SSSR count). The summed E-state index contributed by atoms with van der Waals surface area (Å²) in [5.74, 6) is 0.543. The summed E-state index contributed by atoms with van der Waals surface area (Å²) < 4.78 is 11.1. The highest BCUT2D eigenvalue weighted by atomic mass is 32.1. The lowest BCUT2D eigenvalue weighted by Crippen LogP contribution is -2.16. The minimum atomic E-state index is -0.414. The summed E-state index contributed by atoms with van der Waals surface area (Å²) in [4.78, 5) is 32.6. The number of hydrogen-bond donors (Lipinski definition) is 1. The molecule has 0 aliphatic heterocycles. The van der Waals surface area contributed by atoms with Crippen molar-refractivity contribution >= 4 is 39.1 Å². The third kappa shape index (κ3) is 4.96. The lowest BCUT2D eigenvalue weighted by Gasteiger charge is -2.18. The quantitative estimate of drug-likeness (QED) is 0.283. The molecule has 0 saturated carbocycles. The van der Waals surface area contributed by atoms with E-state index in [1.807, 2.05) is 62.4 Å². The van der Waals surface area contributed by atoms with Gasteiger partial charge in [0, 0.05) is 15.8 Å². The van der Waals surface area contributed by atoms with Crippen LogP contribution in [-0.2, 0) is 17.6 Å². The molecule has 6 nitrogen and oxygen atoms in total. The molecule has 190 valence electrons. The molecular weight excluding hydrogens is 484 g/mol. The van der Waals surface area contributed by atoms with E-state index in [1.54, 1.807) is 6.07 Å². The summed E-state index contributed by atoms with van der Waals surface area (Å²) in [7, 11) is 1.38. The zero-order valence-corrected chi connectivity index (χ0v) is 22.3. The lowest BCUT2D eigenvalue weighted by atomic mass is 9.88. The monoisotopic (exact) mass is 514 g/mol. The number of para-hydroxylation sites is 2. The topological polar surface area (TPSA) is 77.5 Å². The zero-order valence-electron chi connectivity index (χ0n) is 21.5. The number of fused-ring (bicyclic) bond motifs is 2. The first-order valence-electron chi connectivity index (χ1n) is 12.6. The first kappa shape index (κ1) is 25.0. The number of benzene rings is 2. The minimum Gasteiger partial charge on any atom is -0.490 e. The Morgan fingerprint density at radius 3 is 2.65 bits per heavy atom. The van der Waals surface area contributed by atoms with E-state index in [1.165, 1.54) is 18.4 Å². The fourth-order valence-corrected chi connectivity index (χ4v) is 6.26. The Morgan fingerprint density at radius 1 is 1.11 bits per heavy atom. The van der Waals surface area contributed by atoms with Crippen LogP contribution in [0.1, 0.15) is 58.3 Å². The average Bonchev–Trinajstić information content (AvgIpc) is 3.24. The average molecular weight is 515 g/mol. The molecule has 7 heteroatoms. The number of amides is 1. The molecule has 1 aliphatic rings. The molecule has 0 spiro atoms. The summed E-state index contributed by atoms with van der Waals surface area (Å²) >= 11 is 1.48. The van der Waals surface area contributed by atoms with Crippen molar-refractivity contribution in [1.82, 2.24) is 4.98 Å². The molecule has 1 amide bonds. The van der Waals surface area contributed by atoms with Crippen LogP contribution < -0.4 is 10.1 Å². The number of methoxy groups -OCH3 is 1. The van der Waals surface area contributed by atoms with Gasteiger partial charge in [-0.1, -0.05) is 37.3 Å². The first-order chi connectivity index (χ1) is 17.9. The third-order valence-corrected chi connectivity index (χ3v) is 7.78. The molecule has 2 aromatic heterocycles. The maximum Gasteiger partial charge on any atom is 0.341 e. The van der Waals surface area contributed by atoms with E-state index >= 15 is 0 Å². The predicted octanol–water partition coefficient (Wildman–Crippen LogP) is 6.91.